The fourth-order valence-corrected chi connectivity index (χ4v) is 2.84. The lowest BCUT2D eigenvalue weighted by atomic mass is 10.0. The van der Waals surface area contributed by atoms with Crippen molar-refractivity contribution in [2.75, 3.05) is 13.6 Å². The molecule has 0 spiro atoms. The molecule has 0 fully saturated rings. The van der Waals surface area contributed by atoms with Crippen molar-refractivity contribution < 1.29 is 24.0 Å². The largest absolute Gasteiger partial charge is 0.507 e. The summed E-state index contributed by atoms with van der Waals surface area (Å²) in [4.78, 5) is 13.8. The third-order valence-electron chi connectivity index (χ3n) is 4.17. The average Bonchev–Trinajstić information content (AvgIpc) is 3.18. The number of fused-ring (bicyclic) bond motifs is 1. The summed E-state index contributed by atoms with van der Waals surface area (Å²) < 4.78 is 11.0. The first kappa shape index (κ1) is 16.3. The number of ether oxygens (including phenoxy) is 1. The second-order valence-corrected chi connectivity index (χ2v) is 6.13. The van der Waals surface area contributed by atoms with E-state index in [9.17, 15) is 9.90 Å². The molecule has 2 N–H and O–H groups in total. The van der Waals surface area contributed by atoms with Crippen LogP contribution in [0.2, 0.25) is 0 Å². The summed E-state index contributed by atoms with van der Waals surface area (Å²) in [5, 5.41) is 10.2. The molecule has 2 aromatic rings. The van der Waals surface area contributed by atoms with Crippen molar-refractivity contribution >= 4 is 11.9 Å². The maximum atomic E-state index is 12.5. The van der Waals surface area contributed by atoms with E-state index in [0.29, 0.717) is 29.2 Å². The Morgan fingerprint density at radius 2 is 2.12 bits per heavy atom. The molecule has 0 saturated heterocycles. The Morgan fingerprint density at radius 3 is 2.83 bits per heavy atom. The number of furan rings is 1. The zero-order chi connectivity index (χ0) is 17.1. The Morgan fingerprint density at radius 1 is 1.29 bits per heavy atom. The number of phenols is 1. The highest BCUT2D eigenvalue weighted by Crippen LogP contribution is 2.39. The van der Waals surface area contributed by atoms with Crippen molar-refractivity contribution in [3.05, 3.63) is 53.2 Å². The summed E-state index contributed by atoms with van der Waals surface area (Å²) in [6.07, 6.45) is 5.37. The van der Waals surface area contributed by atoms with Gasteiger partial charge in [0.05, 0.1) is 31.0 Å². The van der Waals surface area contributed by atoms with Gasteiger partial charge in [0.2, 0.25) is 5.78 Å². The second kappa shape index (κ2) is 6.93. The molecular weight excluding hydrogens is 306 g/mol. The SMILES string of the molecule is CCCC[NH+](C)Cc1c(O)ccc2c1O/C(=C\c1ccco1)C2=O. The number of rotatable bonds is 6. The summed E-state index contributed by atoms with van der Waals surface area (Å²) in [5.74, 6) is 1.22. The van der Waals surface area contributed by atoms with E-state index in [0.717, 1.165) is 19.4 Å². The van der Waals surface area contributed by atoms with Crippen LogP contribution in [0.15, 0.2) is 40.7 Å². The topological polar surface area (TPSA) is 64.1 Å². The Balaban J connectivity index is 1.89. The number of Topliss-reactive ketones (excluding diaryl/α,β-unsaturated/α-hetero) is 1. The molecule has 3 rings (SSSR count). The number of phenolic OH excluding ortho intramolecular Hbond substituents is 1. The molecule has 1 atom stereocenters. The number of carbonyl (C=O) groups excluding carboxylic acids is 1. The Kier molecular flexibility index (Phi) is 4.71. The van der Waals surface area contributed by atoms with Crippen LogP contribution in [0.5, 0.6) is 11.5 Å². The van der Waals surface area contributed by atoms with Crippen LogP contribution >= 0.6 is 0 Å². The number of hydrogen-bond acceptors (Lipinski definition) is 4. The summed E-state index contributed by atoms with van der Waals surface area (Å²) in [6.45, 7) is 3.76. The molecule has 2 heterocycles. The van der Waals surface area contributed by atoms with Crippen molar-refractivity contribution in [2.24, 2.45) is 0 Å². The van der Waals surface area contributed by atoms with Gasteiger partial charge in [-0.25, -0.2) is 0 Å². The molecule has 1 aliphatic heterocycles. The molecular formula is C19H22NO4+. The lowest BCUT2D eigenvalue weighted by Gasteiger charge is -2.16. The van der Waals surface area contributed by atoms with Crippen LogP contribution in [0.1, 0.15) is 41.4 Å². The first-order valence-corrected chi connectivity index (χ1v) is 8.24. The maximum absolute atomic E-state index is 12.5. The number of benzene rings is 1. The third-order valence-corrected chi connectivity index (χ3v) is 4.17. The Hall–Kier alpha value is -2.53. The van der Waals surface area contributed by atoms with Gasteiger partial charge in [-0.3, -0.25) is 4.79 Å². The Bertz CT molecular complexity index is 762. The van der Waals surface area contributed by atoms with Crippen LogP contribution in [-0.4, -0.2) is 24.5 Å². The van der Waals surface area contributed by atoms with E-state index in [1.165, 1.54) is 4.90 Å². The highest BCUT2D eigenvalue weighted by molar-refractivity contribution is 6.14. The molecule has 126 valence electrons. The van der Waals surface area contributed by atoms with Crippen molar-refractivity contribution in [2.45, 2.75) is 26.3 Å². The minimum absolute atomic E-state index is 0.164. The van der Waals surface area contributed by atoms with Gasteiger partial charge in [-0.2, -0.15) is 0 Å². The van der Waals surface area contributed by atoms with Crippen molar-refractivity contribution in [1.82, 2.24) is 0 Å². The molecule has 0 aliphatic carbocycles. The van der Waals surface area contributed by atoms with E-state index in [2.05, 4.69) is 14.0 Å². The number of carbonyl (C=O) groups is 1. The van der Waals surface area contributed by atoms with Gasteiger partial charge in [0.15, 0.2) is 11.5 Å². The molecule has 0 bridgehead atoms. The fourth-order valence-electron chi connectivity index (χ4n) is 2.84. The second-order valence-electron chi connectivity index (χ2n) is 6.13. The van der Waals surface area contributed by atoms with E-state index in [4.69, 9.17) is 9.15 Å². The standard InChI is InChI=1S/C19H21NO4/c1-3-4-9-20(2)12-15-16(21)8-7-14-18(22)17(24-19(14)15)11-13-6-5-10-23-13/h5-8,10-11,21H,3-4,9,12H2,1-2H3/p+1/b17-11-. The molecule has 0 saturated carbocycles. The highest BCUT2D eigenvalue weighted by atomic mass is 16.5. The van der Waals surface area contributed by atoms with Gasteiger partial charge >= 0.3 is 0 Å². The van der Waals surface area contributed by atoms with E-state index in [1.54, 1.807) is 36.6 Å². The number of allylic oxidation sites excluding steroid dienone is 1. The van der Waals surface area contributed by atoms with Gasteiger partial charge in [0.1, 0.15) is 18.1 Å². The predicted molar refractivity (Wildman–Crippen MR) is 90.1 cm³/mol. The number of nitrogens with one attached hydrogen (secondary N) is 1. The fraction of sp³-hybridized carbons (Fsp3) is 0.316. The molecule has 0 amide bonds. The number of hydrogen-bond donors (Lipinski definition) is 2. The highest BCUT2D eigenvalue weighted by Gasteiger charge is 2.32. The first-order chi connectivity index (χ1) is 11.6. The van der Waals surface area contributed by atoms with E-state index in [-0.39, 0.29) is 17.3 Å². The van der Waals surface area contributed by atoms with Gasteiger partial charge in [-0.05, 0) is 30.7 Å². The monoisotopic (exact) mass is 328 g/mol. The maximum Gasteiger partial charge on any atom is 0.232 e. The number of quaternary nitrogens is 1. The van der Waals surface area contributed by atoms with Crippen LogP contribution in [0.25, 0.3) is 6.08 Å². The van der Waals surface area contributed by atoms with Crippen molar-refractivity contribution in [1.29, 1.82) is 0 Å². The number of unbranched alkanes of at least 4 members (excludes halogenated alkanes) is 1. The smallest absolute Gasteiger partial charge is 0.232 e. The van der Waals surface area contributed by atoms with Gasteiger partial charge in [0.25, 0.3) is 0 Å². The predicted octanol–water partition coefficient (Wildman–Crippen LogP) is 2.42. The molecule has 5 nitrogen and oxygen atoms in total. The molecule has 5 heteroatoms. The molecule has 24 heavy (non-hydrogen) atoms. The van der Waals surface area contributed by atoms with Crippen molar-refractivity contribution in [3.8, 4) is 11.5 Å². The quantitative estimate of drug-likeness (QED) is 0.800. The minimum Gasteiger partial charge on any atom is -0.507 e. The zero-order valence-corrected chi connectivity index (χ0v) is 14.0. The molecule has 0 radical (unpaired) electrons. The lowest BCUT2D eigenvalue weighted by molar-refractivity contribution is -0.894. The molecule has 1 aromatic carbocycles. The molecule has 1 aliphatic rings. The first-order valence-electron chi connectivity index (χ1n) is 8.24. The van der Waals surface area contributed by atoms with Gasteiger partial charge in [-0.15, -0.1) is 0 Å². The van der Waals surface area contributed by atoms with Gasteiger partial charge in [-0.1, -0.05) is 13.3 Å². The average molecular weight is 328 g/mol. The summed E-state index contributed by atoms with van der Waals surface area (Å²) in [5.41, 5.74) is 1.17. The van der Waals surface area contributed by atoms with Crippen LogP contribution in [0, 0.1) is 0 Å². The Labute approximate surface area is 141 Å². The van der Waals surface area contributed by atoms with Gasteiger partial charge in [0, 0.05) is 6.08 Å². The van der Waals surface area contributed by atoms with Gasteiger partial charge < -0.3 is 19.2 Å². The third kappa shape index (κ3) is 3.21. The van der Waals surface area contributed by atoms with Crippen LogP contribution in [0.3, 0.4) is 0 Å². The summed E-state index contributed by atoms with van der Waals surface area (Å²) in [6, 6.07) is 6.69. The van der Waals surface area contributed by atoms with E-state index < -0.39 is 0 Å². The number of aromatic hydroxyl groups is 1. The number of ketones is 1. The van der Waals surface area contributed by atoms with E-state index in [1.807, 2.05) is 0 Å². The summed E-state index contributed by atoms with van der Waals surface area (Å²) >= 11 is 0. The normalized spacial score (nSPS) is 16.2. The molecule has 1 aromatic heterocycles. The van der Waals surface area contributed by atoms with Crippen LogP contribution in [0.4, 0.5) is 0 Å². The van der Waals surface area contributed by atoms with Crippen LogP contribution in [-0.2, 0) is 6.54 Å². The van der Waals surface area contributed by atoms with E-state index >= 15 is 0 Å². The zero-order valence-electron chi connectivity index (χ0n) is 14.0. The van der Waals surface area contributed by atoms with Crippen molar-refractivity contribution in [3.63, 3.8) is 0 Å². The lowest BCUT2D eigenvalue weighted by Crippen LogP contribution is -3.07. The summed E-state index contributed by atoms with van der Waals surface area (Å²) in [7, 11) is 2.07. The van der Waals surface area contributed by atoms with Crippen LogP contribution < -0.4 is 9.64 Å². The molecule has 1 unspecified atom stereocenters. The minimum atomic E-state index is -0.186.